The van der Waals surface area contributed by atoms with Crippen molar-refractivity contribution in [2.24, 2.45) is 0 Å². The number of likely N-dealkylation sites (N-methyl/N-ethyl adjacent to an activating group) is 1. The first-order chi connectivity index (χ1) is 6.85. The molecule has 1 aliphatic rings. The summed E-state index contributed by atoms with van der Waals surface area (Å²) < 4.78 is 5.35. The van der Waals surface area contributed by atoms with E-state index in [1.54, 1.807) is 0 Å². The lowest BCUT2D eigenvalue weighted by Crippen LogP contribution is -2.61. The van der Waals surface area contributed by atoms with E-state index in [0.29, 0.717) is 12.1 Å². The van der Waals surface area contributed by atoms with E-state index in [4.69, 9.17) is 4.74 Å². The number of hydrogen-bond acceptors (Lipinski definition) is 3. The van der Waals surface area contributed by atoms with Crippen LogP contribution in [-0.2, 0) is 4.74 Å². The minimum absolute atomic E-state index is 0.193. The molecule has 1 heterocycles. The standard InChI is InChI=1S/C11H22N2O2/c1-8-6-9(7-12-5)13(8)10(14)15-11(2,3)4/h8-9,12H,6-7H2,1-5H3. The van der Waals surface area contributed by atoms with E-state index >= 15 is 0 Å². The van der Waals surface area contributed by atoms with Gasteiger partial charge in [0.05, 0.1) is 0 Å². The van der Waals surface area contributed by atoms with Gasteiger partial charge < -0.3 is 15.0 Å². The lowest BCUT2D eigenvalue weighted by molar-refractivity contribution is -0.0259. The van der Waals surface area contributed by atoms with Gasteiger partial charge in [0.1, 0.15) is 5.60 Å². The number of carbonyl (C=O) groups excluding carboxylic acids is 1. The lowest BCUT2D eigenvalue weighted by atomic mass is 9.95. The predicted molar refractivity (Wildman–Crippen MR) is 59.9 cm³/mol. The number of hydrogen-bond donors (Lipinski definition) is 1. The molecule has 88 valence electrons. The summed E-state index contributed by atoms with van der Waals surface area (Å²) in [5, 5.41) is 3.09. The van der Waals surface area contributed by atoms with Gasteiger partial charge in [-0.25, -0.2) is 4.79 Å². The van der Waals surface area contributed by atoms with Crippen molar-refractivity contribution in [2.45, 2.75) is 51.8 Å². The Bertz CT molecular complexity index is 233. The number of likely N-dealkylation sites (tertiary alicyclic amines) is 1. The van der Waals surface area contributed by atoms with Crippen molar-refractivity contribution in [1.29, 1.82) is 0 Å². The van der Waals surface area contributed by atoms with Gasteiger partial charge in [-0.2, -0.15) is 0 Å². The molecule has 0 aromatic rings. The zero-order valence-electron chi connectivity index (χ0n) is 10.3. The smallest absolute Gasteiger partial charge is 0.410 e. The highest BCUT2D eigenvalue weighted by atomic mass is 16.6. The van der Waals surface area contributed by atoms with E-state index < -0.39 is 5.60 Å². The maximum absolute atomic E-state index is 11.8. The van der Waals surface area contributed by atoms with Gasteiger partial charge in [-0.15, -0.1) is 0 Å². The number of carbonyl (C=O) groups is 1. The maximum Gasteiger partial charge on any atom is 0.410 e. The maximum atomic E-state index is 11.8. The molecule has 1 aliphatic heterocycles. The molecule has 1 rings (SSSR count). The quantitative estimate of drug-likeness (QED) is 0.759. The van der Waals surface area contributed by atoms with Gasteiger partial charge in [0.2, 0.25) is 0 Å². The molecule has 2 atom stereocenters. The van der Waals surface area contributed by atoms with Crippen LogP contribution in [0.4, 0.5) is 4.79 Å². The summed E-state index contributed by atoms with van der Waals surface area (Å²) in [6, 6.07) is 0.595. The van der Waals surface area contributed by atoms with Gasteiger partial charge in [-0.1, -0.05) is 0 Å². The van der Waals surface area contributed by atoms with Crippen molar-refractivity contribution in [2.75, 3.05) is 13.6 Å². The summed E-state index contributed by atoms with van der Waals surface area (Å²) in [5.74, 6) is 0. The van der Waals surface area contributed by atoms with Crippen LogP contribution in [-0.4, -0.2) is 42.3 Å². The molecule has 1 N–H and O–H groups in total. The third kappa shape index (κ3) is 3.09. The van der Waals surface area contributed by atoms with Gasteiger partial charge >= 0.3 is 6.09 Å². The van der Waals surface area contributed by atoms with Gasteiger partial charge in [-0.3, -0.25) is 0 Å². The highest BCUT2D eigenvalue weighted by Gasteiger charge is 2.40. The Kier molecular flexibility index (Phi) is 3.60. The van der Waals surface area contributed by atoms with Crippen LogP contribution in [0.1, 0.15) is 34.1 Å². The highest BCUT2D eigenvalue weighted by molar-refractivity contribution is 5.70. The Morgan fingerprint density at radius 2 is 2.13 bits per heavy atom. The molecular weight excluding hydrogens is 192 g/mol. The van der Waals surface area contributed by atoms with E-state index in [-0.39, 0.29) is 6.09 Å². The van der Waals surface area contributed by atoms with E-state index in [9.17, 15) is 4.79 Å². The molecule has 4 nitrogen and oxygen atoms in total. The first-order valence-electron chi connectivity index (χ1n) is 5.51. The predicted octanol–water partition coefficient (Wildman–Crippen LogP) is 1.60. The molecule has 0 aromatic heterocycles. The van der Waals surface area contributed by atoms with Crippen LogP contribution in [0.2, 0.25) is 0 Å². The normalized spacial score (nSPS) is 26.1. The van der Waals surface area contributed by atoms with Crippen LogP contribution in [0.3, 0.4) is 0 Å². The van der Waals surface area contributed by atoms with Crippen LogP contribution in [0.15, 0.2) is 0 Å². The number of nitrogens with zero attached hydrogens (tertiary/aromatic N) is 1. The fourth-order valence-corrected chi connectivity index (χ4v) is 1.90. The molecule has 0 spiro atoms. The number of ether oxygens (including phenoxy) is 1. The summed E-state index contributed by atoms with van der Waals surface area (Å²) in [5.41, 5.74) is -0.406. The van der Waals surface area contributed by atoms with Gasteiger partial charge in [-0.05, 0) is 41.2 Å². The van der Waals surface area contributed by atoms with E-state index in [2.05, 4.69) is 12.2 Å². The Hall–Kier alpha value is -0.770. The van der Waals surface area contributed by atoms with Gasteiger partial charge in [0.15, 0.2) is 0 Å². The first-order valence-corrected chi connectivity index (χ1v) is 5.51. The Morgan fingerprint density at radius 1 is 1.53 bits per heavy atom. The van der Waals surface area contributed by atoms with Crippen LogP contribution < -0.4 is 5.32 Å². The van der Waals surface area contributed by atoms with E-state index in [0.717, 1.165) is 13.0 Å². The van der Waals surface area contributed by atoms with Crippen LogP contribution in [0.5, 0.6) is 0 Å². The lowest BCUT2D eigenvalue weighted by Gasteiger charge is -2.47. The van der Waals surface area contributed by atoms with Crippen molar-refractivity contribution in [3.8, 4) is 0 Å². The van der Waals surface area contributed by atoms with Crippen molar-refractivity contribution < 1.29 is 9.53 Å². The minimum Gasteiger partial charge on any atom is -0.444 e. The fourth-order valence-electron chi connectivity index (χ4n) is 1.90. The molecule has 0 saturated carbocycles. The number of amides is 1. The van der Waals surface area contributed by atoms with Crippen molar-refractivity contribution in [1.82, 2.24) is 10.2 Å². The topological polar surface area (TPSA) is 41.6 Å². The minimum atomic E-state index is -0.406. The van der Waals surface area contributed by atoms with Crippen LogP contribution >= 0.6 is 0 Å². The molecule has 0 aromatic carbocycles. The Labute approximate surface area is 92.0 Å². The second kappa shape index (κ2) is 4.39. The largest absolute Gasteiger partial charge is 0.444 e. The molecule has 4 heteroatoms. The zero-order chi connectivity index (χ0) is 11.6. The van der Waals surface area contributed by atoms with E-state index in [1.807, 2.05) is 32.7 Å². The zero-order valence-corrected chi connectivity index (χ0v) is 10.3. The summed E-state index contributed by atoms with van der Waals surface area (Å²) in [6.07, 6.45) is 0.863. The Balaban J connectivity index is 2.50. The SMILES string of the molecule is CNCC1CC(C)N1C(=O)OC(C)(C)C. The second-order valence-electron chi connectivity index (χ2n) is 5.18. The van der Waals surface area contributed by atoms with Crippen LogP contribution in [0.25, 0.3) is 0 Å². The van der Waals surface area contributed by atoms with Gasteiger partial charge in [0, 0.05) is 18.6 Å². The van der Waals surface area contributed by atoms with E-state index in [1.165, 1.54) is 0 Å². The highest BCUT2D eigenvalue weighted by Crippen LogP contribution is 2.27. The van der Waals surface area contributed by atoms with Crippen molar-refractivity contribution >= 4 is 6.09 Å². The molecule has 1 saturated heterocycles. The molecular formula is C11H22N2O2. The summed E-state index contributed by atoms with van der Waals surface area (Å²) in [4.78, 5) is 13.6. The average Bonchev–Trinajstić information content (AvgIpc) is 1.99. The third-order valence-electron chi connectivity index (χ3n) is 2.53. The number of rotatable bonds is 2. The van der Waals surface area contributed by atoms with Crippen LogP contribution in [0, 0.1) is 0 Å². The molecule has 0 bridgehead atoms. The fraction of sp³-hybridized carbons (Fsp3) is 0.909. The Morgan fingerprint density at radius 3 is 2.53 bits per heavy atom. The van der Waals surface area contributed by atoms with Crippen molar-refractivity contribution in [3.05, 3.63) is 0 Å². The molecule has 1 amide bonds. The monoisotopic (exact) mass is 214 g/mol. The number of nitrogens with one attached hydrogen (secondary N) is 1. The third-order valence-corrected chi connectivity index (χ3v) is 2.53. The molecule has 0 radical (unpaired) electrons. The summed E-state index contributed by atoms with van der Waals surface area (Å²) in [7, 11) is 1.90. The van der Waals surface area contributed by atoms with Crippen molar-refractivity contribution in [3.63, 3.8) is 0 Å². The van der Waals surface area contributed by atoms with Gasteiger partial charge in [0.25, 0.3) is 0 Å². The summed E-state index contributed by atoms with van der Waals surface area (Å²) >= 11 is 0. The molecule has 2 unspecified atom stereocenters. The molecule has 15 heavy (non-hydrogen) atoms. The second-order valence-corrected chi connectivity index (χ2v) is 5.18. The molecule has 1 fully saturated rings. The summed E-state index contributed by atoms with van der Waals surface area (Å²) in [6.45, 7) is 8.56. The average molecular weight is 214 g/mol. The first kappa shape index (κ1) is 12.3. The molecule has 0 aliphatic carbocycles.